The zero-order chi connectivity index (χ0) is 16.8. The fraction of sp³-hybridized carbons (Fsp3) is 0.316. The van der Waals surface area contributed by atoms with Crippen molar-refractivity contribution in [2.75, 3.05) is 20.6 Å². The van der Waals surface area contributed by atoms with E-state index in [1.54, 1.807) is 0 Å². The minimum atomic E-state index is 0.0261. The molecule has 0 aliphatic heterocycles. The Kier molecular flexibility index (Phi) is 6.20. The Morgan fingerprint density at radius 2 is 1.78 bits per heavy atom. The maximum Gasteiger partial charge on any atom is 0.224 e. The normalized spacial score (nSPS) is 12.2. The van der Waals surface area contributed by atoms with E-state index in [-0.39, 0.29) is 11.9 Å². The van der Waals surface area contributed by atoms with Gasteiger partial charge in [0.05, 0.1) is 12.5 Å². The SMILES string of the molecule is Cc1ccccc1CC(=O)NCC(c1ccccc1Cl)N(C)C. The highest BCUT2D eigenvalue weighted by molar-refractivity contribution is 6.31. The van der Waals surface area contributed by atoms with E-state index < -0.39 is 0 Å². The van der Waals surface area contributed by atoms with E-state index in [1.807, 2.05) is 69.6 Å². The Labute approximate surface area is 143 Å². The van der Waals surface area contributed by atoms with Crippen molar-refractivity contribution in [2.45, 2.75) is 19.4 Å². The van der Waals surface area contributed by atoms with Crippen LogP contribution in [-0.4, -0.2) is 31.4 Å². The molecule has 3 nitrogen and oxygen atoms in total. The Bertz CT molecular complexity index is 670. The molecule has 2 aromatic carbocycles. The van der Waals surface area contributed by atoms with Gasteiger partial charge < -0.3 is 10.2 Å². The number of hydrogen-bond donors (Lipinski definition) is 1. The van der Waals surface area contributed by atoms with Crippen LogP contribution in [0.2, 0.25) is 5.02 Å². The van der Waals surface area contributed by atoms with Crippen molar-refractivity contribution in [3.05, 3.63) is 70.2 Å². The molecule has 0 radical (unpaired) electrons. The number of rotatable bonds is 6. The average Bonchev–Trinajstić information content (AvgIpc) is 2.51. The van der Waals surface area contributed by atoms with Crippen molar-refractivity contribution in [1.82, 2.24) is 10.2 Å². The molecule has 0 aliphatic carbocycles. The number of nitrogens with one attached hydrogen (secondary N) is 1. The summed E-state index contributed by atoms with van der Waals surface area (Å²) in [5, 5.41) is 3.75. The smallest absolute Gasteiger partial charge is 0.224 e. The fourth-order valence-electron chi connectivity index (χ4n) is 2.57. The maximum absolute atomic E-state index is 12.2. The zero-order valence-electron chi connectivity index (χ0n) is 13.8. The molecule has 0 fully saturated rings. The predicted molar refractivity (Wildman–Crippen MR) is 95.8 cm³/mol. The molecule has 0 heterocycles. The van der Waals surface area contributed by atoms with E-state index in [1.165, 1.54) is 0 Å². The summed E-state index contributed by atoms with van der Waals surface area (Å²) in [7, 11) is 3.98. The first-order valence-electron chi connectivity index (χ1n) is 7.71. The van der Waals surface area contributed by atoms with Gasteiger partial charge in [-0.15, -0.1) is 0 Å². The van der Waals surface area contributed by atoms with E-state index in [2.05, 4.69) is 10.2 Å². The summed E-state index contributed by atoms with van der Waals surface area (Å²) in [5.41, 5.74) is 3.22. The van der Waals surface area contributed by atoms with Gasteiger partial charge in [-0.25, -0.2) is 0 Å². The lowest BCUT2D eigenvalue weighted by molar-refractivity contribution is -0.120. The molecule has 0 aromatic heterocycles. The highest BCUT2D eigenvalue weighted by atomic mass is 35.5. The Hall–Kier alpha value is -1.84. The molecule has 1 amide bonds. The summed E-state index contributed by atoms with van der Waals surface area (Å²) < 4.78 is 0. The number of likely N-dealkylation sites (N-methyl/N-ethyl adjacent to an activating group) is 1. The molecule has 1 unspecified atom stereocenters. The lowest BCUT2D eigenvalue weighted by atomic mass is 10.0. The number of nitrogens with zero attached hydrogens (tertiary/aromatic N) is 1. The molecule has 0 saturated carbocycles. The van der Waals surface area contributed by atoms with Crippen molar-refractivity contribution in [2.24, 2.45) is 0 Å². The summed E-state index contributed by atoms with van der Waals surface area (Å²) in [6, 6.07) is 15.8. The van der Waals surface area contributed by atoms with Gasteiger partial charge >= 0.3 is 0 Å². The highest BCUT2D eigenvalue weighted by Crippen LogP contribution is 2.25. The molecule has 4 heteroatoms. The number of aryl methyl sites for hydroxylation is 1. The predicted octanol–water partition coefficient (Wildman–Crippen LogP) is 3.61. The van der Waals surface area contributed by atoms with Crippen LogP contribution in [-0.2, 0) is 11.2 Å². The second-order valence-electron chi connectivity index (χ2n) is 5.91. The van der Waals surface area contributed by atoms with Crippen LogP contribution >= 0.6 is 11.6 Å². The monoisotopic (exact) mass is 330 g/mol. The third-order valence-corrected chi connectivity index (χ3v) is 4.34. The Morgan fingerprint density at radius 1 is 1.13 bits per heavy atom. The third kappa shape index (κ3) is 4.81. The van der Waals surface area contributed by atoms with Crippen molar-refractivity contribution >= 4 is 17.5 Å². The number of benzene rings is 2. The number of hydrogen-bond acceptors (Lipinski definition) is 2. The molecule has 2 aromatic rings. The molecule has 1 atom stereocenters. The van der Waals surface area contributed by atoms with E-state index in [0.717, 1.165) is 21.7 Å². The summed E-state index contributed by atoms with van der Waals surface area (Å²) >= 11 is 6.29. The molecule has 0 aliphatic rings. The van der Waals surface area contributed by atoms with Crippen LogP contribution in [0.5, 0.6) is 0 Å². The van der Waals surface area contributed by atoms with Crippen LogP contribution in [0.1, 0.15) is 22.7 Å². The molecular formula is C19H23ClN2O. The quantitative estimate of drug-likeness (QED) is 0.877. The van der Waals surface area contributed by atoms with E-state index in [0.29, 0.717) is 13.0 Å². The van der Waals surface area contributed by atoms with Crippen LogP contribution in [0, 0.1) is 6.92 Å². The second-order valence-corrected chi connectivity index (χ2v) is 6.32. The number of carbonyl (C=O) groups is 1. The lowest BCUT2D eigenvalue weighted by Crippen LogP contribution is -2.35. The van der Waals surface area contributed by atoms with Gasteiger partial charge in [0.25, 0.3) is 0 Å². The summed E-state index contributed by atoms with van der Waals surface area (Å²) in [6.45, 7) is 2.55. The van der Waals surface area contributed by atoms with Gasteiger partial charge in [-0.1, -0.05) is 54.1 Å². The van der Waals surface area contributed by atoms with Crippen LogP contribution < -0.4 is 5.32 Å². The largest absolute Gasteiger partial charge is 0.354 e. The number of amides is 1. The van der Waals surface area contributed by atoms with Crippen LogP contribution in [0.4, 0.5) is 0 Å². The van der Waals surface area contributed by atoms with Crippen molar-refractivity contribution in [3.63, 3.8) is 0 Å². The molecule has 0 spiro atoms. The van der Waals surface area contributed by atoms with Crippen LogP contribution in [0.15, 0.2) is 48.5 Å². The van der Waals surface area contributed by atoms with Gasteiger partial charge in [0.2, 0.25) is 5.91 Å². The van der Waals surface area contributed by atoms with Crippen molar-refractivity contribution in [3.8, 4) is 0 Å². The minimum Gasteiger partial charge on any atom is -0.354 e. The van der Waals surface area contributed by atoms with Gasteiger partial charge in [-0.3, -0.25) is 4.79 Å². The van der Waals surface area contributed by atoms with Gasteiger partial charge in [-0.2, -0.15) is 0 Å². The molecule has 2 rings (SSSR count). The Morgan fingerprint density at radius 3 is 2.43 bits per heavy atom. The summed E-state index contributed by atoms with van der Waals surface area (Å²) in [5.74, 6) is 0.0261. The van der Waals surface area contributed by atoms with Crippen LogP contribution in [0.3, 0.4) is 0 Å². The first-order chi connectivity index (χ1) is 11.0. The first kappa shape index (κ1) is 17.5. The molecular weight excluding hydrogens is 308 g/mol. The summed E-state index contributed by atoms with van der Waals surface area (Å²) in [4.78, 5) is 14.3. The maximum atomic E-state index is 12.2. The van der Waals surface area contributed by atoms with E-state index >= 15 is 0 Å². The summed E-state index contributed by atoms with van der Waals surface area (Å²) in [6.07, 6.45) is 0.398. The highest BCUT2D eigenvalue weighted by Gasteiger charge is 2.18. The Balaban J connectivity index is 2.01. The molecule has 0 saturated heterocycles. The van der Waals surface area contributed by atoms with Crippen LogP contribution in [0.25, 0.3) is 0 Å². The van der Waals surface area contributed by atoms with Gasteiger partial charge in [0, 0.05) is 11.6 Å². The number of carbonyl (C=O) groups excluding carboxylic acids is 1. The third-order valence-electron chi connectivity index (χ3n) is 3.99. The van der Waals surface area contributed by atoms with Gasteiger partial charge in [-0.05, 0) is 43.8 Å². The first-order valence-corrected chi connectivity index (χ1v) is 8.09. The van der Waals surface area contributed by atoms with Crippen molar-refractivity contribution in [1.29, 1.82) is 0 Å². The molecule has 23 heavy (non-hydrogen) atoms. The van der Waals surface area contributed by atoms with E-state index in [9.17, 15) is 4.79 Å². The molecule has 0 bridgehead atoms. The topological polar surface area (TPSA) is 32.3 Å². The average molecular weight is 331 g/mol. The van der Waals surface area contributed by atoms with E-state index in [4.69, 9.17) is 11.6 Å². The molecule has 122 valence electrons. The second kappa shape index (κ2) is 8.14. The van der Waals surface area contributed by atoms with Gasteiger partial charge in [0.1, 0.15) is 0 Å². The van der Waals surface area contributed by atoms with Gasteiger partial charge in [0.15, 0.2) is 0 Å². The zero-order valence-corrected chi connectivity index (χ0v) is 14.6. The number of halogens is 1. The fourth-order valence-corrected chi connectivity index (χ4v) is 2.83. The van der Waals surface area contributed by atoms with Crippen molar-refractivity contribution < 1.29 is 4.79 Å². The molecule has 1 N–H and O–H groups in total. The standard InChI is InChI=1S/C19H23ClN2O/c1-14-8-4-5-9-15(14)12-19(23)21-13-18(22(2)3)16-10-6-7-11-17(16)20/h4-11,18H,12-13H2,1-3H3,(H,21,23). The lowest BCUT2D eigenvalue weighted by Gasteiger charge is -2.26. The minimum absolute atomic E-state index is 0.0261.